The van der Waals surface area contributed by atoms with E-state index < -0.39 is 11.2 Å². The van der Waals surface area contributed by atoms with Gasteiger partial charge in [0.2, 0.25) is 0 Å². The number of carbonyl (C=O) groups is 1. The number of anilines is 1. The highest BCUT2D eigenvalue weighted by Gasteiger charge is 2.19. The van der Waals surface area contributed by atoms with Crippen LogP contribution in [0.15, 0.2) is 90.0 Å². The van der Waals surface area contributed by atoms with Gasteiger partial charge in [-0.1, -0.05) is 18.2 Å². The van der Waals surface area contributed by atoms with Crippen molar-refractivity contribution in [3.63, 3.8) is 0 Å². The Morgan fingerprint density at radius 2 is 1.67 bits per heavy atom. The second-order valence-electron chi connectivity index (χ2n) is 6.61. The van der Waals surface area contributed by atoms with Crippen LogP contribution >= 0.6 is 0 Å². The van der Waals surface area contributed by atoms with Gasteiger partial charge in [-0.15, -0.1) is 0 Å². The molecule has 1 aromatic heterocycles. The van der Waals surface area contributed by atoms with E-state index in [9.17, 15) is 13.7 Å². The van der Waals surface area contributed by atoms with Crippen molar-refractivity contribution in [2.75, 3.05) is 11.6 Å². The van der Waals surface area contributed by atoms with Gasteiger partial charge in [0.15, 0.2) is 4.90 Å². The standard InChI is InChI=1S/C23H18FN3O2S/c1-30(29)20-13-7-16(8-14-20)22-21(15-27(26-22)19-5-3-2-4-6-19)23(28)25-18-11-9-17(24)10-12-18/h2-15H,1H3,(H,25,28). The SMILES string of the molecule is C[S+]([O-])c1ccc(-c2nn(-c3ccccc3)cc2C(=O)Nc2ccc(F)cc2)cc1. The molecule has 4 aromatic rings. The normalized spacial score (nSPS) is 11.8. The highest BCUT2D eigenvalue weighted by molar-refractivity contribution is 7.90. The monoisotopic (exact) mass is 419 g/mol. The number of nitrogens with zero attached hydrogens (tertiary/aromatic N) is 2. The number of hydrogen-bond acceptors (Lipinski definition) is 3. The molecule has 5 nitrogen and oxygen atoms in total. The molecule has 1 N–H and O–H groups in total. The number of carbonyl (C=O) groups excluding carboxylic acids is 1. The highest BCUT2D eigenvalue weighted by atomic mass is 32.2. The Morgan fingerprint density at radius 1 is 1.00 bits per heavy atom. The lowest BCUT2D eigenvalue weighted by Gasteiger charge is -2.07. The molecule has 1 atom stereocenters. The van der Waals surface area contributed by atoms with Crippen LogP contribution in [0.1, 0.15) is 10.4 Å². The molecule has 4 rings (SSSR count). The molecular weight excluding hydrogens is 401 g/mol. The summed E-state index contributed by atoms with van der Waals surface area (Å²) in [5.74, 6) is -0.735. The molecule has 1 heterocycles. The lowest BCUT2D eigenvalue weighted by atomic mass is 10.1. The summed E-state index contributed by atoms with van der Waals surface area (Å²) in [6, 6.07) is 22.1. The maximum atomic E-state index is 13.2. The topological polar surface area (TPSA) is 70.0 Å². The molecule has 0 bridgehead atoms. The minimum Gasteiger partial charge on any atom is -0.612 e. The quantitative estimate of drug-likeness (QED) is 0.478. The van der Waals surface area contributed by atoms with Crippen molar-refractivity contribution in [2.45, 2.75) is 4.90 Å². The predicted octanol–water partition coefficient (Wildman–Crippen LogP) is 4.67. The minimum atomic E-state index is -1.10. The molecular formula is C23H18FN3O2S. The average molecular weight is 419 g/mol. The van der Waals surface area contributed by atoms with Crippen LogP contribution in [-0.2, 0) is 11.2 Å². The van der Waals surface area contributed by atoms with Crippen LogP contribution < -0.4 is 5.32 Å². The summed E-state index contributed by atoms with van der Waals surface area (Å²) in [5, 5.41) is 7.40. The van der Waals surface area contributed by atoms with Gasteiger partial charge in [-0.05, 0) is 71.8 Å². The van der Waals surface area contributed by atoms with Crippen molar-refractivity contribution < 1.29 is 13.7 Å². The molecule has 0 aliphatic rings. The predicted molar refractivity (Wildman–Crippen MR) is 116 cm³/mol. The van der Waals surface area contributed by atoms with Crippen LogP contribution in [0, 0.1) is 5.82 Å². The van der Waals surface area contributed by atoms with Crippen molar-refractivity contribution in [2.24, 2.45) is 0 Å². The zero-order valence-electron chi connectivity index (χ0n) is 16.1. The first-order valence-corrected chi connectivity index (χ1v) is 10.7. The maximum Gasteiger partial charge on any atom is 0.259 e. The van der Waals surface area contributed by atoms with E-state index in [0.717, 1.165) is 11.3 Å². The molecule has 0 saturated heterocycles. The number of benzene rings is 3. The molecule has 1 amide bonds. The third kappa shape index (κ3) is 4.27. The van der Waals surface area contributed by atoms with Gasteiger partial charge in [-0.3, -0.25) is 4.79 Å². The van der Waals surface area contributed by atoms with Gasteiger partial charge in [0.05, 0.1) is 11.3 Å². The van der Waals surface area contributed by atoms with Gasteiger partial charge < -0.3 is 9.87 Å². The first kappa shape index (κ1) is 19.9. The second-order valence-corrected chi connectivity index (χ2v) is 7.99. The molecule has 0 aliphatic heterocycles. The summed E-state index contributed by atoms with van der Waals surface area (Å²) in [6.07, 6.45) is 3.27. The van der Waals surface area contributed by atoms with Crippen LogP contribution in [0.25, 0.3) is 16.9 Å². The van der Waals surface area contributed by atoms with Crippen molar-refractivity contribution in [1.82, 2.24) is 9.78 Å². The summed E-state index contributed by atoms with van der Waals surface area (Å²) in [4.78, 5) is 13.7. The van der Waals surface area contributed by atoms with E-state index in [2.05, 4.69) is 10.4 Å². The van der Waals surface area contributed by atoms with E-state index in [1.807, 2.05) is 30.3 Å². The van der Waals surface area contributed by atoms with E-state index in [-0.39, 0.29) is 11.7 Å². The Kier molecular flexibility index (Phi) is 5.65. The second kappa shape index (κ2) is 8.52. The molecule has 1 unspecified atom stereocenters. The number of para-hydroxylation sites is 1. The van der Waals surface area contributed by atoms with E-state index in [4.69, 9.17) is 0 Å². The number of nitrogens with one attached hydrogen (secondary N) is 1. The third-order valence-corrected chi connectivity index (χ3v) is 5.48. The molecule has 0 radical (unpaired) electrons. The van der Waals surface area contributed by atoms with E-state index in [0.29, 0.717) is 21.8 Å². The Labute approximate surface area is 176 Å². The molecule has 30 heavy (non-hydrogen) atoms. The number of aromatic nitrogens is 2. The number of amides is 1. The summed E-state index contributed by atoms with van der Waals surface area (Å²) in [6.45, 7) is 0. The summed E-state index contributed by atoms with van der Waals surface area (Å²) in [5.41, 5.74) is 2.88. The number of halogens is 1. The van der Waals surface area contributed by atoms with E-state index in [1.54, 1.807) is 41.4 Å². The van der Waals surface area contributed by atoms with Gasteiger partial charge in [-0.2, -0.15) is 5.10 Å². The van der Waals surface area contributed by atoms with Gasteiger partial charge in [0.25, 0.3) is 5.91 Å². The molecule has 0 aliphatic carbocycles. The molecule has 0 fully saturated rings. The fourth-order valence-corrected chi connectivity index (χ4v) is 3.52. The summed E-state index contributed by atoms with van der Waals surface area (Å²) < 4.78 is 26.5. The van der Waals surface area contributed by atoms with Crippen molar-refractivity contribution >= 4 is 22.8 Å². The Morgan fingerprint density at radius 3 is 2.30 bits per heavy atom. The van der Waals surface area contributed by atoms with Crippen molar-refractivity contribution in [1.29, 1.82) is 0 Å². The molecule has 0 spiro atoms. The lowest BCUT2D eigenvalue weighted by molar-refractivity contribution is 0.102. The van der Waals surface area contributed by atoms with Crippen molar-refractivity contribution in [3.8, 4) is 16.9 Å². The van der Waals surface area contributed by atoms with Crippen LogP contribution in [0.2, 0.25) is 0 Å². The molecule has 150 valence electrons. The Hall–Kier alpha value is -3.42. The summed E-state index contributed by atoms with van der Waals surface area (Å²) >= 11 is -1.10. The van der Waals surface area contributed by atoms with Crippen LogP contribution in [0.5, 0.6) is 0 Å². The Balaban J connectivity index is 1.74. The zero-order valence-corrected chi connectivity index (χ0v) is 16.9. The number of hydrogen-bond donors (Lipinski definition) is 1. The van der Waals surface area contributed by atoms with Gasteiger partial charge >= 0.3 is 0 Å². The molecule has 0 saturated carbocycles. The molecule has 3 aromatic carbocycles. The van der Waals surface area contributed by atoms with Gasteiger partial charge in [0, 0.05) is 17.4 Å². The fraction of sp³-hybridized carbons (Fsp3) is 0.0435. The van der Waals surface area contributed by atoms with E-state index >= 15 is 0 Å². The maximum absolute atomic E-state index is 13.2. The zero-order chi connectivity index (χ0) is 21.1. The smallest absolute Gasteiger partial charge is 0.259 e. The third-order valence-electron chi connectivity index (χ3n) is 4.54. The lowest BCUT2D eigenvalue weighted by Crippen LogP contribution is -2.12. The first-order valence-electron chi connectivity index (χ1n) is 9.17. The van der Waals surface area contributed by atoms with Gasteiger partial charge in [0.1, 0.15) is 17.8 Å². The van der Waals surface area contributed by atoms with Crippen LogP contribution in [0.4, 0.5) is 10.1 Å². The van der Waals surface area contributed by atoms with Crippen LogP contribution in [0.3, 0.4) is 0 Å². The minimum absolute atomic E-state index is 0.359. The number of rotatable bonds is 5. The first-order chi connectivity index (χ1) is 14.5. The van der Waals surface area contributed by atoms with Gasteiger partial charge in [-0.25, -0.2) is 9.07 Å². The molecule has 7 heteroatoms. The van der Waals surface area contributed by atoms with Crippen LogP contribution in [-0.4, -0.2) is 26.5 Å². The Bertz CT molecular complexity index is 1160. The fourth-order valence-electron chi connectivity index (χ4n) is 3.00. The largest absolute Gasteiger partial charge is 0.612 e. The average Bonchev–Trinajstić information content (AvgIpc) is 3.22. The highest BCUT2D eigenvalue weighted by Crippen LogP contribution is 2.26. The van der Waals surface area contributed by atoms with E-state index in [1.165, 1.54) is 24.3 Å². The summed E-state index contributed by atoms with van der Waals surface area (Å²) in [7, 11) is 0. The van der Waals surface area contributed by atoms with Crippen molar-refractivity contribution in [3.05, 3.63) is 96.4 Å².